The molecule has 140 valence electrons. The Labute approximate surface area is 156 Å². The molecule has 0 bridgehead atoms. The minimum absolute atomic E-state index is 0.0896. The summed E-state index contributed by atoms with van der Waals surface area (Å²) in [7, 11) is 0. The number of benzene rings is 2. The first-order valence-corrected chi connectivity index (χ1v) is 8.56. The van der Waals surface area contributed by atoms with Crippen molar-refractivity contribution in [3.8, 4) is 11.1 Å². The van der Waals surface area contributed by atoms with Gasteiger partial charge >= 0.3 is 12.1 Å². The van der Waals surface area contributed by atoms with E-state index in [0.29, 0.717) is 0 Å². The lowest BCUT2D eigenvalue weighted by molar-refractivity contribution is -0.139. The van der Waals surface area contributed by atoms with E-state index in [4.69, 9.17) is 9.84 Å². The second kappa shape index (κ2) is 7.90. The third kappa shape index (κ3) is 4.08. The van der Waals surface area contributed by atoms with E-state index >= 15 is 0 Å². The number of nitrogens with one attached hydrogen (secondary N) is 2. The molecule has 0 unspecified atom stereocenters. The van der Waals surface area contributed by atoms with Crippen LogP contribution < -0.4 is 10.6 Å². The number of fused-ring (bicyclic) bond motifs is 3. The number of amides is 2. The summed E-state index contributed by atoms with van der Waals surface area (Å²) in [6, 6.07) is 14.6. The third-order valence-electron chi connectivity index (χ3n) is 4.49. The fourth-order valence-electron chi connectivity index (χ4n) is 3.23. The summed E-state index contributed by atoms with van der Waals surface area (Å²) in [4.78, 5) is 34.2. The molecule has 7 heteroatoms. The molecule has 3 rings (SSSR count). The minimum Gasteiger partial charge on any atom is -0.480 e. The first-order valence-electron chi connectivity index (χ1n) is 8.56. The van der Waals surface area contributed by atoms with Crippen LogP contribution in [0.2, 0.25) is 0 Å². The van der Waals surface area contributed by atoms with Crippen LogP contribution in [0.15, 0.2) is 48.5 Å². The third-order valence-corrected chi connectivity index (χ3v) is 4.49. The molecule has 0 saturated carbocycles. The van der Waals surface area contributed by atoms with E-state index in [0.717, 1.165) is 22.3 Å². The number of carbonyl (C=O) groups excluding carboxylic acids is 2. The first-order chi connectivity index (χ1) is 13.0. The van der Waals surface area contributed by atoms with Crippen molar-refractivity contribution in [3.05, 3.63) is 59.7 Å². The fourth-order valence-corrected chi connectivity index (χ4v) is 3.23. The maximum absolute atomic E-state index is 12.1. The Morgan fingerprint density at radius 2 is 1.59 bits per heavy atom. The van der Waals surface area contributed by atoms with Crippen LogP contribution in [-0.2, 0) is 14.3 Å². The van der Waals surface area contributed by atoms with E-state index in [1.165, 1.54) is 6.92 Å². The number of hydrogen-bond donors (Lipinski definition) is 3. The van der Waals surface area contributed by atoms with Crippen molar-refractivity contribution in [3.63, 3.8) is 0 Å². The van der Waals surface area contributed by atoms with Crippen LogP contribution in [0, 0.1) is 0 Å². The van der Waals surface area contributed by atoms with Gasteiger partial charge in [0.15, 0.2) is 0 Å². The Morgan fingerprint density at radius 3 is 2.11 bits per heavy atom. The van der Waals surface area contributed by atoms with E-state index in [1.54, 1.807) is 0 Å². The maximum atomic E-state index is 12.1. The summed E-state index contributed by atoms with van der Waals surface area (Å²) in [5, 5.41) is 13.8. The van der Waals surface area contributed by atoms with Crippen LogP contribution in [0.4, 0.5) is 4.79 Å². The number of carboxylic acids is 1. The van der Waals surface area contributed by atoms with Crippen molar-refractivity contribution in [2.75, 3.05) is 13.2 Å². The Bertz CT molecular complexity index is 835. The lowest BCUT2D eigenvalue weighted by atomic mass is 9.98. The Morgan fingerprint density at radius 1 is 1.04 bits per heavy atom. The lowest BCUT2D eigenvalue weighted by Gasteiger charge is -2.17. The molecule has 1 atom stereocenters. The van der Waals surface area contributed by atoms with Crippen molar-refractivity contribution >= 4 is 18.0 Å². The van der Waals surface area contributed by atoms with E-state index in [2.05, 4.69) is 10.6 Å². The zero-order chi connectivity index (χ0) is 19.4. The summed E-state index contributed by atoms with van der Waals surface area (Å²) in [5.41, 5.74) is 4.35. The Hall–Kier alpha value is -3.35. The molecule has 0 fully saturated rings. The van der Waals surface area contributed by atoms with Gasteiger partial charge in [-0.1, -0.05) is 48.5 Å². The van der Waals surface area contributed by atoms with Gasteiger partial charge in [0, 0.05) is 19.4 Å². The Kier molecular flexibility index (Phi) is 5.40. The van der Waals surface area contributed by atoms with E-state index in [-0.39, 0.29) is 25.0 Å². The molecule has 2 aromatic rings. The number of aliphatic carboxylic acids is 1. The van der Waals surface area contributed by atoms with Gasteiger partial charge in [-0.05, 0) is 22.3 Å². The van der Waals surface area contributed by atoms with Crippen molar-refractivity contribution in [2.24, 2.45) is 0 Å². The predicted molar refractivity (Wildman–Crippen MR) is 98.3 cm³/mol. The number of rotatable bonds is 6. The van der Waals surface area contributed by atoms with Crippen molar-refractivity contribution in [2.45, 2.75) is 18.9 Å². The second-order valence-corrected chi connectivity index (χ2v) is 6.30. The molecular formula is C20H20N2O5. The average molecular weight is 368 g/mol. The molecular weight excluding hydrogens is 348 g/mol. The van der Waals surface area contributed by atoms with Gasteiger partial charge in [0.05, 0.1) is 0 Å². The fraction of sp³-hybridized carbons (Fsp3) is 0.250. The molecule has 27 heavy (non-hydrogen) atoms. The molecule has 2 amide bonds. The van der Waals surface area contributed by atoms with Gasteiger partial charge in [0.1, 0.15) is 12.6 Å². The second-order valence-electron chi connectivity index (χ2n) is 6.30. The molecule has 2 aromatic carbocycles. The first kappa shape index (κ1) is 18.4. The van der Waals surface area contributed by atoms with Crippen LogP contribution in [0.25, 0.3) is 11.1 Å². The van der Waals surface area contributed by atoms with Gasteiger partial charge in [-0.2, -0.15) is 0 Å². The number of carboxylic acid groups (broad SMARTS) is 1. The zero-order valence-corrected chi connectivity index (χ0v) is 14.8. The van der Waals surface area contributed by atoms with Crippen LogP contribution in [0.1, 0.15) is 24.0 Å². The van der Waals surface area contributed by atoms with Gasteiger partial charge in [-0.15, -0.1) is 0 Å². The highest BCUT2D eigenvalue weighted by Crippen LogP contribution is 2.44. The quantitative estimate of drug-likeness (QED) is 0.724. The van der Waals surface area contributed by atoms with Gasteiger partial charge in [-0.3, -0.25) is 4.79 Å². The average Bonchev–Trinajstić information content (AvgIpc) is 2.97. The van der Waals surface area contributed by atoms with Crippen molar-refractivity contribution in [1.29, 1.82) is 0 Å². The van der Waals surface area contributed by atoms with Gasteiger partial charge < -0.3 is 20.5 Å². The summed E-state index contributed by atoms with van der Waals surface area (Å²) in [6.45, 7) is 1.15. The number of carbonyl (C=O) groups is 3. The molecule has 0 spiro atoms. The summed E-state index contributed by atoms with van der Waals surface area (Å²) < 4.78 is 5.30. The minimum atomic E-state index is -1.26. The van der Waals surface area contributed by atoms with Gasteiger partial charge in [0.2, 0.25) is 5.91 Å². The molecule has 7 nitrogen and oxygen atoms in total. The molecule has 1 aliphatic carbocycles. The highest BCUT2D eigenvalue weighted by molar-refractivity contribution is 5.82. The lowest BCUT2D eigenvalue weighted by Crippen LogP contribution is -2.48. The largest absolute Gasteiger partial charge is 0.480 e. The van der Waals surface area contributed by atoms with Gasteiger partial charge in [-0.25, -0.2) is 9.59 Å². The standard InChI is InChI=1S/C20H20N2O5/c1-12(23)21-10-18(19(24)25)22-20(26)27-11-17-15-8-4-2-6-13(15)14-7-3-5-9-16(14)17/h2-9,17-18H,10-11H2,1H3,(H,21,23)(H,22,26)(H,24,25)/t18-/m0/s1. The molecule has 0 radical (unpaired) electrons. The molecule has 0 aliphatic heterocycles. The van der Waals surface area contributed by atoms with E-state index in [9.17, 15) is 14.4 Å². The Balaban J connectivity index is 1.67. The molecule has 0 saturated heterocycles. The monoisotopic (exact) mass is 368 g/mol. The van der Waals surface area contributed by atoms with E-state index in [1.807, 2.05) is 48.5 Å². The van der Waals surface area contributed by atoms with Gasteiger partial charge in [0.25, 0.3) is 0 Å². The highest BCUT2D eigenvalue weighted by atomic mass is 16.5. The smallest absolute Gasteiger partial charge is 0.407 e. The molecule has 0 heterocycles. The topological polar surface area (TPSA) is 105 Å². The highest BCUT2D eigenvalue weighted by Gasteiger charge is 2.29. The SMILES string of the molecule is CC(=O)NC[C@H](NC(=O)OCC1c2ccccc2-c2ccccc21)C(=O)O. The molecule has 3 N–H and O–H groups in total. The molecule has 0 aromatic heterocycles. The summed E-state index contributed by atoms with van der Waals surface area (Å²) in [5.74, 6) is -1.74. The van der Waals surface area contributed by atoms with Crippen LogP contribution in [0.5, 0.6) is 0 Å². The van der Waals surface area contributed by atoms with Crippen LogP contribution in [-0.4, -0.2) is 42.3 Å². The summed E-state index contributed by atoms with van der Waals surface area (Å²) >= 11 is 0. The number of ether oxygens (including phenoxy) is 1. The normalized spacial score (nSPS) is 13.2. The molecule has 1 aliphatic rings. The van der Waals surface area contributed by atoms with Crippen LogP contribution >= 0.6 is 0 Å². The van der Waals surface area contributed by atoms with E-state index < -0.39 is 18.1 Å². The number of alkyl carbamates (subject to hydrolysis) is 1. The van der Waals surface area contributed by atoms with Crippen molar-refractivity contribution in [1.82, 2.24) is 10.6 Å². The maximum Gasteiger partial charge on any atom is 0.407 e. The summed E-state index contributed by atoms with van der Waals surface area (Å²) in [6.07, 6.45) is -0.838. The predicted octanol–water partition coefficient (Wildman–Crippen LogP) is 2.11. The zero-order valence-electron chi connectivity index (χ0n) is 14.8. The van der Waals surface area contributed by atoms with Crippen molar-refractivity contribution < 1.29 is 24.2 Å². The van der Waals surface area contributed by atoms with Crippen LogP contribution in [0.3, 0.4) is 0 Å². The number of hydrogen-bond acceptors (Lipinski definition) is 4.